The van der Waals surface area contributed by atoms with E-state index in [2.05, 4.69) is 10.4 Å². The van der Waals surface area contributed by atoms with Crippen molar-refractivity contribution in [2.24, 2.45) is 5.73 Å². The van der Waals surface area contributed by atoms with Gasteiger partial charge in [0.05, 0.1) is 18.4 Å². The third-order valence-corrected chi connectivity index (χ3v) is 4.60. The van der Waals surface area contributed by atoms with Crippen molar-refractivity contribution in [1.29, 1.82) is 0 Å². The van der Waals surface area contributed by atoms with E-state index in [0.717, 1.165) is 0 Å². The summed E-state index contributed by atoms with van der Waals surface area (Å²) < 4.78 is 6.62. The Bertz CT molecular complexity index is 1170. The highest BCUT2D eigenvalue weighted by molar-refractivity contribution is 6.05. The van der Waals surface area contributed by atoms with Crippen LogP contribution in [0.4, 0.5) is 11.4 Å². The number of aromatic nitrogens is 2. The Morgan fingerprint density at radius 3 is 2.43 bits per heavy atom. The largest absolute Gasteiger partial charge is 0.495 e. The molecule has 1 amide bonds. The van der Waals surface area contributed by atoms with E-state index in [1.165, 1.54) is 30.8 Å². The van der Waals surface area contributed by atoms with Crippen LogP contribution in [0.1, 0.15) is 34.6 Å². The van der Waals surface area contributed by atoms with Crippen molar-refractivity contribution in [3.63, 3.8) is 0 Å². The number of hydrogen-bond acceptors (Lipinski definition) is 6. The van der Waals surface area contributed by atoms with Gasteiger partial charge in [-0.2, -0.15) is 5.10 Å². The second-order valence-electron chi connectivity index (χ2n) is 6.55. The molecule has 30 heavy (non-hydrogen) atoms. The monoisotopic (exact) mass is 406 g/mol. The van der Waals surface area contributed by atoms with E-state index in [4.69, 9.17) is 10.5 Å². The first kappa shape index (κ1) is 20.8. The number of ketones is 1. The normalized spacial score (nSPS) is 10.5. The molecule has 0 spiro atoms. The van der Waals surface area contributed by atoms with E-state index in [0.29, 0.717) is 29.2 Å². The number of nitrogens with zero attached hydrogens (tertiary/aromatic N) is 2. The molecular formula is C22H22N4O4. The number of benzene rings is 2. The van der Waals surface area contributed by atoms with Gasteiger partial charge in [0.25, 0.3) is 5.56 Å². The lowest BCUT2D eigenvalue weighted by Gasteiger charge is -2.17. The van der Waals surface area contributed by atoms with Gasteiger partial charge in [-0.05, 0) is 32.0 Å². The zero-order valence-electron chi connectivity index (χ0n) is 16.9. The zero-order valence-corrected chi connectivity index (χ0v) is 16.9. The minimum absolute atomic E-state index is 0.0538. The van der Waals surface area contributed by atoms with Crippen LogP contribution in [0.5, 0.6) is 5.75 Å². The molecule has 1 heterocycles. The number of nitrogens with two attached hydrogens (primary N) is 1. The summed E-state index contributed by atoms with van der Waals surface area (Å²) >= 11 is 0. The molecule has 0 fully saturated rings. The number of nitrogens with one attached hydrogen (secondary N) is 1. The number of carbonyl (C=O) groups excluding carboxylic acids is 2. The second kappa shape index (κ2) is 8.60. The third kappa shape index (κ3) is 3.93. The smallest absolute Gasteiger partial charge is 0.291 e. The van der Waals surface area contributed by atoms with Crippen molar-refractivity contribution in [1.82, 2.24) is 9.78 Å². The highest BCUT2D eigenvalue weighted by Gasteiger charge is 2.23. The van der Waals surface area contributed by atoms with E-state index >= 15 is 0 Å². The molecule has 0 bridgehead atoms. The number of methoxy groups -OCH3 is 1. The van der Waals surface area contributed by atoms with Crippen molar-refractivity contribution in [2.45, 2.75) is 20.4 Å². The van der Waals surface area contributed by atoms with E-state index in [1.54, 1.807) is 13.0 Å². The number of rotatable bonds is 7. The van der Waals surface area contributed by atoms with Gasteiger partial charge in [0.15, 0.2) is 5.78 Å². The van der Waals surface area contributed by atoms with Crippen LogP contribution in [0, 0.1) is 0 Å². The Kier molecular flexibility index (Phi) is 5.96. The molecule has 1 aromatic heterocycles. The average molecular weight is 406 g/mol. The fourth-order valence-corrected chi connectivity index (χ4v) is 3.14. The number of primary amides is 1. The van der Waals surface area contributed by atoms with Gasteiger partial charge in [-0.25, -0.2) is 4.68 Å². The maximum Gasteiger partial charge on any atom is 0.291 e. The molecule has 154 valence electrons. The lowest BCUT2D eigenvalue weighted by atomic mass is 10.0. The van der Waals surface area contributed by atoms with Gasteiger partial charge in [0, 0.05) is 17.7 Å². The van der Waals surface area contributed by atoms with Crippen molar-refractivity contribution in [2.75, 3.05) is 12.4 Å². The highest BCUT2D eigenvalue weighted by Crippen LogP contribution is 2.32. The molecule has 2 aromatic carbocycles. The molecule has 3 N–H and O–H groups in total. The maximum absolute atomic E-state index is 13.1. The minimum Gasteiger partial charge on any atom is -0.495 e. The van der Waals surface area contributed by atoms with Crippen LogP contribution in [0.25, 0.3) is 11.3 Å². The number of amides is 1. The van der Waals surface area contributed by atoms with Gasteiger partial charge in [0.1, 0.15) is 17.1 Å². The van der Waals surface area contributed by atoms with Gasteiger partial charge in [-0.1, -0.05) is 30.3 Å². The molecule has 8 heteroatoms. The second-order valence-corrected chi connectivity index (χ2v) is 6.55. The quantitative estimate of drug-likeness (QED) is 0.583. The molecular weight excluding hydrogens is 384 g/mol. The van der Waals surface area contributed by atoms with Gasteiger partial charge < -0.3 is 15.8 Å². The Balaban J connectivity index is 2.30. The Labute approximate surface area is 173 Å². The zero-order chi connectivity index (χ0) is 21.8. The van der Waals surface area contributed by atoms with Crippen LogP contribution in [-0.4, -0.2) is 28.6 Å². The molecule has 0 radical (unpaired) electrons. The van der Waals surface area contributed by atoms with Gasteiger partial charge in [-0.3, -0.25) is 14.4 Å². The molecule has 0 atom stereocenters. The first-order valence-electron chi connectivity index (χ1n) is 9.33. The number of Topliss-reactive ketones (excluding diaryl/α,β-unsaturated/α-hetero) is 1. The molecule has 0 aliphatic carbocycles. The molecule has 8 nitrogen and oxygen atoms in total. The molecule has 0 saturated carbocycles. The molecule has 0 aliphatic rings. The van der Waals surface area contributed by atoms with Crippen LogP contribution in [0.15, 0.2) is 53.3 Å². The SMILES string of the molecule is CCn1nc(-c2ccccc2)c(C(C)=O)c(Nc2cc(C(N)=O)ccc2OC)c1=O. The summed E-state index contributed by atoms with van der Waals surface area (Å²) in [6.07, 6.45) is 0. The van der Waals surface area contributed by atoms with Gasteiger partial charge >= 0.3 is 0 Å². The van der Waals surface area contributed by atoms with Crippen LogP contribution in [0.2, 0.25) is 0 Å². The van der Waals surface area contributed by atoms with Crippen LogP contribution in [0.3, 0.4) is 0 Å². The lowest BCUT2D eigenvalue weighted by Crippen LogP contribution is -2.28. The summed E-state index contributed by atoms with van der Waals surface area (Å²) in [5, 5.41) is 7.41. The average Bonchev–Trinajstić information content (AvgIpc) is 2.75. The van der Waals surface area contributed by atoms with E-state index in [1.807, 2.05) is 30.3 Å². The van der Waals surface area contributed by atoms with E-state index < -0.39 is 11.5 Å². The molecule has 0 aliphatic heterocycles. The van der Waals surface area contributed by atoms with Crippen molar-refractivity contribution >= 4 is 23.1 Å². The van der Waals surface area contributed by atoms with Crippen molar-refractivity contribution in [3.05, 3.63) is 70.0 Å². The summed E-state index contributed by atoms with van der Waals surface area (Å²) in [5.74, 6) is -0.567. The number of hydrogen-bond donors (Lipinski definition) is 2. The Morgan fingerprint density at radius 1 is 1.17 bits per heavy atom. The summed E-state index contributed by atoms with van der Waals surface area (Å²) in [6.45, 7) is 3.47. The fraction of sp³-hybridized carbons (Fsp3) is 0.182. The van der Waals surface area contributed by atoms with Crippen LogP contribution >= 0.6 is 0 Å². The minimum atomic E-state index is -0.627. The molecule has 0 saturated heterocycles. The predicted octanol–water partition coefficient (Wildman–Crippen LogP) is 2.98. The van der Waals surface area contributed by atoms with Gasteiger partial charge in [-0.15, -0.1) is 0 Å². The lowest BCUT2D eigenvalue weighted by molar-refractivity contribution is 0.0996. The van der Waals surface area contributed by atoms with E-state index in [9.17, 15) is 14.4 Å². The maximum atomic E-state index is 13.1. The topological polar surface area (TPSA) is 116 Å². The van der Waals surface area contributed by atoms with E-state index in [-0.39, 0.29) is 22.6 Å². The molecule has 3 aromatic rings. The fourth-order valence-electron chi connectivity index (χ4n) is 3.14. The van der Waals surface area contributed by atoms with Crippen molar-refractivity contribution < 1.29 is 14.3 Å². The summed E-state index contributed by atoms with van der Waals surface area (Å²) in [6, 6.07) is 13.7. The third-order valence-electron chi connectivity index (χ3n) is 4.60. The summed E-state index contributed by atoms with van der Waals surface area (Å²) in [7, 11) is 1.46. The van der Waals surface area contributed by atoms with Crippen LogP contribution < -0.4 is 21.3 Å². The number of anilines is 2. The summed E-state index contributed by atoms with van der Waals surface area (Å²) in [5.41, 5.74) is 6.78. The van der Waals surface area contributed by atoms with Crippen LogP contribution in [-0.2, 0) is 6.54 Å². The Morgan fingerprint density at radius 2 is 1.87 bits per heavy atom. The Hall–Kier alpha value is -3.94. The first-order valence-corrected chi connectivity index (χ1v) is 9.33. The number of ether oxygens (including phenoxy) is 1. The predicted molar refractivity (Wildman–Crippen MR) is 114 cm³/mol. The summed E-state index contributed by atoms with van der Waals surface area (Å²) in [4.78, 5) is 37.3. The highest BCUT2D eigenvalue weighted by atomic mass is 16.5. The standard InChI is InChI=1S/C22H22N4O4/c1-4-26-22(29)20(24-16-12-15(21(23)28)10-11-17(16)30-3)18(13(2)27)19(25-26)14-8-6-5-7-9-14/h5-12,24H,4H2,1-3H3,(H2,23,28). The van der Waals surface area contributed by atoms with Gasteiger partial charge in [0.2, 0.25) is 5.91 Å². The van der Waals surface area contributed by atoms with Crippen molar-refractivity contribution in [3.8, 4) is 17.0 Å². The first-order chi connectivity index (χ1) is 14.4. The number of aryl methyl sites for hydroxylation is 1. The number of carbonyl (C=O) groups is 2. The molecule has 0 unspecified atom stereocenters. The molecule has 3 rings (SSSR count).